The van der Waals surface area contributed by atoms with Gasteiger partial charge < -0.3 is 9.68 Å². The van der Waals surface area contributed by atoms with Gasteiger partial charge in [-0.1, -0.05) is 22.6 Å². The number of alkyl halides is 1. The lowest BCUT2D eigenvalue weighted by Gasteiger charge is -2.30. The minimum Gasteiger partial charge on any atom is -0.344 e. The molecule has 1 aliphatic rings. The normalized spacial score (nSPS) is 21.0. The Hall–Kier alpha value is -0.450. The van der Waals surface area contributed by atoms with Crippen LogP contribution >= 0.6 is 67.8 Å². The van der Waals surface area contributed by atoms with Crippen molar-refractivity contribution in [1.29, 1.82) is 0 Å². The average Bonchev–Trinajstić information content (AvgIpc) is 2.41. The fraction of sp³-hybridized carbons (Fsp3) is 0.200. The lowest BCUT2D eigenvalue weighted by Crippen LogP contribution is -2.48. The van der Waals surface area contributed by atoms with E-state index < -0.39 is 15.2 Å². The van der Waals surface area contributed by atoms with Crippen LogP contribution in [0.4, 0.5) is 0 Å². The molecule has 1 atom stereocenters. The maximum Gasteiger partial charge on any atom is 0.320 e. The highest BCUT2D eigenvalue weighted by molar-refractivity contribution is 14.1. The minimum absolute atomic E-state index is 0.0538. The Balaban J connectivity index is 3.18. The van der Waals surface area contributed by atoms with Gasteiger partial charge in [-0.25, -0.2) is 0 Å². The molecule has 0 aromatic carbocycles. The van der Waals surface area contributed by atoms with Crippen molar-refractivity contribution < 1.29 is 28.9 Å². The first kappa shape index (κ1) is 18.6. The highest BCUT2D eigenvalue weighted by Crippen LogP contribution is 2.44. The van der Waals surface area contributed by atoms with E-state index in [1.807, 2.05) is 56.1 Å². The fourth-order valence-corrected chi connectivity index (χ4v) is 6.40. The molecule has 0 spiro atoms. The smallest absolute Gasteiger partial charge is 0.320 e. The van der Waals surface area contributed by atoms with E-state index in [2.05, 4.69) is 9.68 Å². The van der Waals surface area contributed by atoms with Crippen LogP contribution in [-0.4, -0.2) is 28.2 Å². The molecular weight excluding hydrogens is 625 g/mol. The molecule has 2 amide bonds. The van der Waals surface area contributed by atoms with E-state index in [-0.39, 0.29) is 24.9 Å². The molecular formula is C10H7I3N2O6. The van der Waals surface area contributed by atoms with E-state index >= 15 is 0 Å². The van der Waals surface area contributed by atoms with Crippen LogP contribution in [0.5, 0.6) is 0 Å². The standard InChI is InChI=1S/C10H7I3N2O6/c11-5-1-6(12)7(8(18)14-20-3-16)10(13,2-5)9(19)15-21-4-17/h1,3-4H,2H2,(H,14,18)(H,15,19). The van der Waals surface area contributed by atoms with Gasteiger partial charge in [-0.3, -0.25) is 19.2 Å². The molecule has 0 aliphatic heterocycles. The Kier molecular flexibility index (Phi) is 7.31. The molecule has 0 radical (unpaired) electrons. The molecule has 11 heteroatoms. The lowest BCUT2D eigenvalue weighted by molar-refractivity contribution is -0.148. The van der Waals surface area contributed by atoms with Crippen molar-refractivity contribution in [2.45, 2.75) is 9.84 Å². The first-order valence-electron chi connectivity index (χ1n) is 5.11. The molecule has 1 unspecified atom stereocenters. The predicted molar refractivity (Wildman–Crippen MR) is 95.1 cm³/mol. The number of allylic oxidation sites excluding steroid dienone is 3. The molecule has 8 nitrogen and oxygen atoms in total. The number of hydrogen-bond acceptors (Lipinski definition) is 6. The van der Waals surface area contributed by atoms with Crippen molar-refractivity contribution >= 4 is 92.5 Å². The average molecular weight is 632 g/mol. The molecule has 0 heterocycles. The zero-order valence-corrected chi connectivity index (χ0v) is 16.5. The summed E-state index contributed by atoms with van der Waals surface area (Å²) in [7, 11) is 0. The van der Waals surface area contributed by atoms with Crippen LogP contribution in [-0.2, 0) is 28.9 Å². The molecule has 1 aliphatic carbocycles. The third-order valence-electron chi connectivity index (χ3n) is 2.32. The van der Waals surface area contributed by atoms with Crippen LogP contribution in [0.15, 0.2) is 18.8 Å². The first-order valence-corrected chi connectivity index (χ1v) is 8.35. The van der Waals surface area contributed by atoms with Gasteiger partial charge in [-0.15, -0.1) is 0 Å². The van der Waals surface area contributed by atoms with Crippen LogP contribution in [0, 0.1) is 0 Å². The van der Waals surface area contributed by atoms with Gasteiger partial charge in [-0.05, 0) is 54.8 Å². The Bertz CT molecular complexity index is 547. The molecule has 1 rings (SSSR count). The predicted octanol–water partition coefficient (Wildman–Crippen LogP) is 0.980. The number of rotatable bonds is 6. The van der Waals surface area contributed by atoms with E-state index in [1.54, 1.807) is 28.7 Å². The van der Waals surface area contributed by atoms with Crippen molar-refractivity contribution in [3.8, 4) is 0 Å². The summed E-state index contributed by atoms with van der Waals surface area (Å²) in [5, 5.41) is 0. The summed E-state index contributed by atoms with van der Waals surface area (Å²) in [6.45, 7) is 0.115. The van der Waals surface area contributed by atoms with Gasteiger partial charge in [0.2, 0.25) is 0 Å². The largest absolute Gasteiger partial charge is 0.344 e. The summed E-state index contributed by atoms with van der Waals surface area (Å²) in [6, 6.07) is 0. The lowest BCUT2D eigenvalue weighted by atomic mass is 9.90. The number of nitrogens with one attached hydrogen (secondary N) is 2. The molecule has 0 aromatic rings. The van der Waals surface area contributed by atoms with Crippen LogP contribution in [0.3, 0.4) is 0 Å². The van der Waals surface area contributed by atoms with E-state index in [1.165, 1.54) is 0 Å². The summed E-state index contributed by atoms with van der Waals surface area (Å²) in [5.74, 6) is -1.41. The van der Waals surface area contributed by atoms with Gasteiger partial charge in [0, 0.05) is 10.0 Å². The Morgan fingerprint density at radius 2 is 1.76 bits per heavy atom. The zero-order chi connectivity index (χ0) is 16.0. The van der Waals surface area contributed by atoms with Crippen molar-refractivity contribution in [2.75, 3.05) is 0 Å². The quantitative estimate of drug-likeness (QED) is 0.196. The Morgan fingerprint density at radius 1 is 1.19 bits per heavy atom. The second kappa shape index (κ2) is 8.25. The Morgan fingerprint density at radius 3 is 2.33 bits per heavy atom. The maximum absolute atomic E-state index is 12.2. The highest BCUT2D eigenvalue weighted by atomic mass is 127. The molecule has 0 saturated carbocycles. The maximum atomic E-state index is 12.2. The Labute approximate surface area is 159 Å². The van der Waals surface area contributed by atoms with Crippen molar-refractivity contribution in [3.63, 3.8) is 0 Å². The summed E-state index contributed by atoms with van der Waals surface area (Å²) in [4.78, 5) is 53.1. The molecule has 21 heavy (non-hydrogen) atoms. The summed E-state index contributed by atoms with van der Waals surface area (Å²) in [5.41, 5.74) is 3.96. The monoisotopic (exact) mass is 632 g/mol. The van der Waals surface area contributed by atoms with Crippen LogP contribution < -0.4 is 11.0 Å². The number of amides is 2. The second-order valence-electron chi connectivity index (χ2n) is 3.58. The number of carbonyl (C=O) groups is 4. The fourth-order valence-electron chi connectivity index (χ4n) is 1.54. The van der Waals surface area contributed by atoms with Gasteiger partial charge in [0.25, 0.3) is 11.8 Å². The molecule has 0 saturated heterocycles. The molecule has 0 fully saturated rings. The summed E-state index contributed by atoms with van der Waals surface area (Å²) >= 11 is 5.73. The second-order valence-corrected chi connectivity index (χ2v) is 7.97. The van der Waals surface area contributed by atoms with Crippen molar-refractivity contribution in [3.05, 3.63) is 18.8 Å². The van der Waals surface area contributed by atoms with E-state index in [4.69, 9.17) is 0 Å². The summed E-state index contributed by atoms with van der Waals surface area (Å²) in [6.07, 6.45) is 1.94. The van der Waals surface area contributed by atoms with Crippen LogP contribution in [0.1, 0.15) is 6.42 Å². The number of hydroxylamine groups is 2. The minimum atomic E-state index is -1.31. The molecule has 114 valence electrons. The molecule has 0 aromatic heterocycles. The van der Waals surface area contributed by atoms with Gasteiger partial charge in [-0.2, -0.15) is 11.0 Å². The van der Waals surface area contributed by atoms with Gasteiger partial charge in [0.15, 0.2) is 0 Å². The van der Waals surface area contributed by atoms with Crippen molar-refractivity contribution in [1.82, 2.24) is 11.0 Å². The van der Waals surface area contributed by atoms with E-state index in [9.17, 15) is 19.2 Å². The SMILES string of the molecule is O=CONC(=O)C1=C(I)C=C(I)CC1(I)C(=O)NOC=O. The number of carbonyl (C=O) groups excluding carboxylic acids is 4. The van der Waals surface area contributed by atoms with Gasteiger partial charge in [0.05, 0.1) is 5.57 Å². The summed E-state index contributed by atoms with van der Waals surface area (Å²) < 4.78 is 0.0326. The third-order valence-corrected chi connectivity index (χ3v) is 5.27. The van der Waals surface area contributed by atoms with Gasteiger partial charge in [0.1, 0.15) is 3.42 Å². The topological polar surface area (TPSA) is 111 Å². The van der Waals surface area contributed by atoms with Crippen LogP contribution in [0.2, 0.25) is 0 Å². The van der Waals surface area contributed by atoms with Gasteiger partial charge >= 0.3 is 12.9 Å². The third kappa shape index (κ3) is 4.51. The number of hydrogen-bond donors (Lipinski definition) is 2. The zero-order valence-electron chi connectivity index (χ0n) is 10.0. The first-order chi connectivity index (χ1) is 9.86. The van der Waals surface area contributed by atoms with E-state index in [0.29, 0.717) is 3.58 Å². The van der Waals surface area contributed by atoms with E-state index in [0.717, 1.165) is 3.58 Å². The van der Waals surface area contributed by atoms with Crippen molar-refractivity contribution in [2.24, 2.45) is 0 Å². The highest BCUT2D eigenvalue weighted by Gasteiger charge is 2.47. The number of halogens is 3. The molecule has 0 bridgehead atoms. The van der Waals surface area contributed by atoms with Crippen LogP contribution in [0.25, 0.3) is 0 Å². The molecule has 2 N–H and O–H groups in total.